The van der Waals surface area contributed by atoms with Gasteiger partial charge < -0.3 is 5.32 Å². The molecule has 3 atom stereocenters. The third kappa shape index (κ3) is 1.87. The van der Waals surface area contributed by atoms with Gasteiger partial charge in [-0.15, -0.1) is 10.2 Å². The number of rotatable bonds is 4. The van der Waals surface area contributed by atoms with Crippen LogP contribution >= 0.6 is 0 Å². The Labute approximate surface area is 112 Å². The van der Waals surface area contributed by atoms with Gasteiger partial charge in [0.2, 0.25) is 0 Å². The molecule has 2 heterocycles. The van der Waals surface area contributed by atoms with Crippen LogP contribution in [0.3, 0.4) is 0 Å². The van der Waals surface area contributed by atoms with Crippen LogP contribution in [0, 0.1) is 11.8 Å². The summed E-state index contributed by atoms with van der Waals surface area (Å²) >= 11 is 0. The molecule has 4 heteroatoms. The van der Waals surface area contributed by atoms with Crippen LogP contribution in [-0.2, 0) is 6.42 Å². The fraction of sp³-hybridized carbons (Fsp3) is 0.467. The molecule has 0 amide bonds. The Kier molecular flexibility index (Phi) is 2.62. The second-order valence-electron chi connectivity index (χ2n) is 5.72. The number of nitrogens with zero attached hydrogens (tertiary/aromatic N) is 3. The van der Waals surface area contributed by atoms with Crippen LogP contribution in [0.4, 0.5) is 0 Å². The van der Waals surface area contributed by atoms with E-state index in [2.05, 4.69) is 32.1 Å². The first kappa shape index (κ1) is 11.2. The van der Waals surface area contributed by atoms with Crippen LogP contribution in [0.1, 0.15) is 18.7 Å². The predicted molar refractivity (Wildman–Crippen MR) is 72.6 cm³/mol. The summed E-state index contributed by atoms with van der Waals surface area (Å²) in [5.74, 6) is 2.87. The number of hydrogen-bond acceptors (Lipinski definition) is 2. The van der Waals surface area contributed by atoms with Gasteiger partial charge in [-0.3, -0.25) is 4.40 Å². The standard InChI is InChI=1S/C15H18N4/c1-2-9-19-14(6-1)17-18-15(19)7-8-16-13-10-11-4-3-5-12(11)13/h1-3,5-6,9,11-13,16H,4,7-8,10H2/p+1/t11-,12+,13-/m1/s1. The molecule has 1 saturated carbocycles. The average Bonchev–Trinajstić information content (AvgIpc) is 2.99. The first-order valence-corrected chi connectivity index (χ1v) is 7.20. The maximum Gasteiger partial charge on any atom is 0.160 e. The molecule has 4 rings (SSSR count). The van der Waals surface area contributed by atoms with Gasteiger partial charge in [-0.1, -0.05) is 18.2 Å². The van der Waals surface area contributed by atoms with E-state index >= 15 is 0 Å². The minimum absolute atomic E-state index is 0.808. The van der Waals surface area contributed by atoms with Crippen molar-refractivity contribution < 1.29 is 5.32 Å². The van der Waals surface area contributed by atoms with E-state index in [0.717, 1.165) is 42.3 Å². The van der Waals surface area contributed by atoms with Crippen molar-refractivity contribution in [2.45, 2.75) is 25.3 Å². The van der Waals surface area contributed by atoms with Crippen molar-refractivity contribution >= 4 is 5.65 Å². The first-order chi connectivity index (χ1) is 9.42. The van der Waals surface area contributed by atoms with Crippen LogP contribution in [0.15, 0.2) is 36.5 Å². The lowest BCUT2D eigenvalue weighted by molar-refractivity contribution is -0.707. The molecule has 0 spiro atoms. The van der Waals surface area contributed by atoms with Crippen molar-refractivity contribution in [1.82, 2.24) is 14.6 Å². The Bertz CT molecular complexity index is 615. The predicted octanol–water partition coefficient (Wildman–Crippen LogP) is 0.800. The lowest BCUT2D eigenvalue weighted by Gasteiger charge is -2.37. The highest BCUT2D eigenvalue weighted by molar-refractivity contribution is 5.36. The van der Waals surface area contributed by atoms with E-state index in [4.69, 9.17) is 0 Å². The summed E-state index contributed by atoms with van der Waals surface area (Å²) in [6.45, 7) is 1.11. The fourth-order valence-corrected chi connectivity index (χ4v) is 3.52. The summed E-state index contributed by atoms with van der Waals surface area (Å²) in [4.78, 5) is 0. The number of quaternary nitrogens is 1. The molecule has 2 aliphatic rings. The summed E-state index contributed by atoms with van der Waals surface area (Å²) in [7, 11) is 0. The zero-order valence-electron chi connectivity index (χ0n) is 10.9. The highest BCUT2D eigenvalue weighted by atomic mass is 15.2. The Morgan fingerprint density at radius 3 is 3.26 bits per heavy atom. The van der Waals surface area contributed by atoms with Gasteiger partial charge in [0.25, 0.3) is 0 Å². The Hall–Kier alpha value is -1.68. The molecule has 2 aromatic rings. The maximum absolute atomic E-state index is 4.28. The van der Waals surface area contributed by atoms with E-state index in [9.17, 15) is 0 Å². The summed E-state index contributed by atoms with van der Waals surface area (Å²) in [6.07, 6.45) is 10.5. The normalized spacial score (nSPS) is 28.5. The molecule has 0 radical (unpaired) electrons. The summed E-state index contributed by atoms with van der Waals surface area (Å²) in [5.41, 5.74) is 0.944. The Morgan fingerprint density at radius 1 is 1.32 bits per heavy atom. The molecule has 0 unspecified atom stereocenters. The van der Waals surface area contributed by atoms with Gasteiger partial charge >= 0.3 is 0 Å². The van der Waals surface area contributed by atoms with Crippen LogP contribution < -0.4 is 5.32 Å². The number of pyridine rings is 1. The van der Waals surface area contributed by atoms with Gasteiger partial charge in [0, 0.05) is 18.5 Å². The SMILES string of the molecule is C1=C[C@H]2[C@H](C1)C[C@H]2[NH2+]CCc1nnc2ccccn12. The third-order valence-corrected chi connectivity index (χ3v) is 4.63. The molecular weight excluding hydrogens is 236 g/mol. The number of allylic oxidation sites excluding steroid dienone is 1. The minimum atomic E-state index is 0.808. The van der Waals surface area contributed by atoms with E-state index < -0.39 is 0 Å². The van der Waals surface area contributed by atoms with E-state index in [0.29, 0.717) is 0 Å². The van der Waals surface area contributed by atoms with Crippen molar-refractivity contribution in [2.75, 3.05) is 6.54 Å². The molecule has 0 saturated heterocycles. The molecule has 0 aliphatic heterocycles. The average molecular weight is 255 g/mol. The summed E-state index contributed by atoms with van der Waals surface area (Å²) < 4.78 is 2.09. The summed E-state index contributed by atoms with van der Waals surface area (Å²) in [5, 5.41) is 11.0. The molecule has 4 nitrogen and oxygen atoms in total. The Balaban J connectivity index is 1.36. The van der Waals surface area contributed by atoms with Gasteiger partial charge in [-0.25, -0.2) is 0 Å². The quantitative estimate of drug-likeness (QED) is 0.821. The van der Waals surface area contributed by atoms with Gasteiger partial charge in [-0.2, -0.15) is 0 Å². The minimum Gasteiger partial charge on any atom is -0.343 e. The van der Waals surface area contributed by atoms with Crippen molar-refractivity contribution in [3.05, 3.63) is 42.4 Å². The molecule has 1 fully saturated rings. The Morgan fingerprint density at radius 2 is 2.32 bits per heavy atom. The topological polar surface area (TPSA) is 46.8 Å². The zero-order valence-corrected chi connectivity index (χ0v) is 10.9. The number of hydrogen-bond donors (Lipinski definition) is 1. The fourth-order valence-electron chi connectivity index (χ4n) is 3.52. The lowest BCUT2D eigenvalue weighted by atomic mass is 9.71. The van der Waals surface area contributed by atoms with E-state index in [1.807, 2.05) is 24.4 Å². The molecule has 2 aliphatic carbocycles. The number of nitrogens with two attached hydrogens (primary N) is 1. The van der Waals surface area contributed by atoms with E-state index in [1.165, 1.54) is 12.8 Å². The van der Waals surface area contributed by atoms with E-state index in [1.54, 1.807) is 0 Å². The van der Waals surface area contributed by atoms with Crippen LogP contribution in [0.5, 0.6) is 0 Å². The second-order valence-corrected chi connectivity index (χ2v) is 5.72. The molecule has 98 valence electrons. The lowest BCUT2D eigenvalue weighted by Crippen LogP contribution is -2.94. The summed E-state index contributed by atoms with van der Waals surface area (Å²) in [6, 6.07) is 6.84. The zero-order chi connectivity index (χ0) is 12.7. The monoisotopic (exact) mass is 255 g/mol. The second kappa shape index (κ2) is 4.46. The van der Waals surface area contributed by atoms with Gasteiger partial charge in [0.15, 0.2) is 5.65 Å². The molecular formula is C15H19N4+. The number of fused-ring (bicyclic) bond motifs is 2. The smallest absolute Gasteiger partial charge is 0.160 e. The largest absolute Gasteiger partial charge is 0.343 e. The van der Waals surface area contributed by atoms with Gasteiger partial charge in [-0.05, 0) is 24.5 Å². The van der Waals surface area contributed by atoms with Gasteiger partial charge in [0.1, 0.15) is 5.82 Å². The van der Waals surface area contributed by atoms with Crippen LogP contribution in [0.2, 0.25) is 0 Å². The van der Waals surface area contributed by atoms with Crippen LogP contribution in [-0.4, -0.2) is 27.2 Å². The van der Waals surface area contributed by atoms with Gasteiger partial charge in [0.05, 0.1) is 19.0 Å². The maximum atomic E-state index is 4.28. The van der Waals surface area contributed by atoms with Crippen LogP contribution in [0.25, 0.3) is 5.65 Å². The third-order valence-electron chi connectivity index (χ3n) is 4.63. The molecule has 2 aromatic heterocycles. The highest BCUT2D eigenvalue weighted by Gasteiger charge is 2.43. The molecule has 0 aromatic carbocycles. The molecule has 19 heavy (non-hydrogen) atoms. The van der Waals surface area contributed by atoms with Crippen molar-refractivity contribution in [3.63, 3.8) is 0 Å². The molecule has 2 N–H and O–H groups in total. The van der Waals surface area contributed by atoms with E-state index in [-0.39, 0.29) is 0 Å². The first-order valence-electron chi connectivity index (χ1n) is 7.20. The van der Waals surface area contributed by atoms with Crippen molar-refractivity contribution in [3.8, 4) is 0 Å². The van der Waals surface area contributed by atoms with Crippen molar-refractivity contribution in [1.29, 1.82) is 0 Å². The molecule has 0 bridgehead atoms. The highest BCUT2D eigenvalue weighted by Crippen LogP contribution is 2.40. The number of aromatic nitrogens is 3. The van der Waals surface area contributed by atoms with Crippen molar-refractivity contribution in [2.24, 2.45) is 11.8 Å².